The van der Waals surface area contributed by atoms with E-state index >= 15 is 0 Å². The molecule has 1 nitrogen and oxygen atoms in total. The molecule has 1 heteroatoms. The fourth-order valence-electron chi connectivity index (χ4n) is 9.79. The number of rotatable bonds is 9. The van der Waals surface area contributed by atoms with Crippen LogP contribution in [0, 0.1) is 52.3 Å². The van der Waals surface area contributed by atoms with Gasteiger partial charge in [-0.25, -0.2) is 0 Å². The molecule has 4 fully saturated rings. The molecule has 0 heterocycles. The molecule has 9 atom stereocenters. The van der Waals surface area contributed by atoms with Crippen molar-refractivity contribution >= 4 is 0 Å². The Morgan fingerprint density at radius 3 is 2.31 bits per heavy atom. The van der Waals surface area contributed by atoms with Crippen molar-refractivity contribution < 1.29 is 4.74 Å². The third-order valence-electron chi connectivity index (χ3n) is 11.7. The smallest absolute Gasteiger partial charge is 0.0578 e. The van der Waals surface area contributed by atoms with Crippen LogP contribution < -0.4 is 0 Å². The maximum absolute atomic E-state index is 6.33. The maximum Gasteiger partial charge on any atom is 0.0578 e. The summed E-state index contributed by atoms with van der Waals surface area (Å²) in [7, 11) is 0. The lowest BCUT2D eigenvalue weighted by atomic mass is 9.44. The predicted octanol–water partition coefficient (Wildman–Crippen LogP) is 9.29. The molecule has 0 aromatic rings. The Labute approximate surface area is 201 Å². The van der Waals surface area contributed by atoms with Crippen LogP contribution in [0.3, 0.4) is 0 Å². The van der Waals surface area contributed by atoms with Crippen molar-refractivity contribution in [1.29, 1.82) is 0 Å². The van der Waals surface area contributed by atoms with Gasteiger partial charge in [0.25, 0.3) is 0 Å². The first-order chi connectivity index (χ1) is 15.3. The Morgan fingerprint density at radius 2 is 1.56 bits per heavy atom. The van der Waals surface area contributed by atoms with E-state index in [0.717, 1.165) is 48.0 Å². The zero-order valence-corrected chi connectivity index (χ0v) is 22.6. The summed E-state index contributed by atoms with van der Waals surface area (Å²) in [5, 5.41) is 0. The van der Waals surface area contributed by atoms with E-state index in [0.29, 0.717) is 16.9 Å². The molecule has 186 valence electrons. The predicted molar refractivity (Wildman–Crippen MR) is 138 cm³/mol. The zero-order chi connectivity index (χ0) is 22.9. The molecular weight excluding hydrogens is 388 g/mol. The normalized spacial score (nSPS) is 44.7. The topological polar surface area (TPSA) is 9.23 Å². The molecule has 4 aliphatic rings. The number of unbranched alkanes of at least 4 members (excludes halogenated alkanes) is 1. The maximum atomic E-state index is 6.33. The molecule has 32 heavy (non-hydrogen) atoms. The summed E-state index contributed by atoms with van der Waals surface area (Å²) in [4.78, 5) is 0. The molecule has 0 N–H and O–H groups in total. The molecule has 0 aromatic carbocycles. The van der Waals surface area contributed by atoms with Crippen molar-refractivity contribution in [2.75, 3.05) is 6.61 Å². The summed E-state index contributed by atoms with van der Waals surface area (Å²) >= 11 is 0. The van der Waals surface area contributed by atoms with Gasteiger partial charge in [-0.15, -0.1) is 0 Å². The Kier molecular flexibility index (Phi) is 8.06. The van der Waals surface area contributed by atoms with Crippen molar-refractivity contribution in [2.24, 2.45) is 52.3 Å². The second-order valence-corrected chi connectivity index (χ2v) is 13.8. The van der Waals surface area contributed by atoms with Gasteiger partial charge >= 0.3 is 0 Å². The highest BCUT2D eigenvalue weighted by Crippen LogP contribution is 2.68. The van der Waals surface area contributed by atoms with E-state index in [1.54, 1.807) is 6.42 Å². The van der Waals surface area contributed by atoms with E-state index in [9.17, 15) is 0 Å². The van der Waals surface area contributed by atoms with Crippen LogP contribution in [0.15, 0.2) is 0 Å². The Morgan fingerprint density at radius 1 is 0.812 bits per heavy atom. The van der Waals surface area contributed by atoms with Gasteiger partial charge in [0, 0.05) is 6.61 Å². The largest absolute Gasteiger partial charge is 0.378 e. The van der Waals surface area contributed by atoms with Crippen LogP contribution in [0.5, 0.6) is 0 Å². The Bertz CT molecular complexity index is 597. The van der Waals surface area contributed by atoms with E-state index < -0.39 is 0 Å². The quantitative estimate of drug-likeness (QED) is 0.322. The van der Waals surface area contributed by atoms with Gasteiger partial charge in [-0.3, -0.25) is 0 Å². The van der Waals surface area contributed by atoms with E-state index in [1.807, 2.05) is 0 Å². The summed E-state index contributed by atoms with van der Waals surface area (Å²) in [5.41, 5.74) is 1.25. The van der Waals surface area contributed by atoms with Crippen LogP contribution in [0.2, 0.25) is 0 Å². The lowest BCUT2D eigenvalue weighted by Gasteiger charge is -2.61. The molecule has 0 aromatic heterocycles. The Balaban J connectivity index is 1.39. The van der Waals surface area contributed by atoms with Gasteiger partial charge in [-0.2, -0.15) is 0 Å². The number of hydrogen-bond donors (Lipinski definition) is 0. The Hall–Kier alpha value is -0.0400. The van der Waals surface area contributed by atoms with Crippen LogP contribution in [0.4, 0.5) is 0 Å². The summed E-state index contributed by atoms with van der Waals surface area (Å²) in [5.74, 6) is 6.78. The van der Waals surface area contributed by atoms with Crippen molar-refractivity contribution in [2.45, 2.75) is 138 Å². The monoisotopic (exact) mass is 444 g/mol. The molecule has 4 saturated carbocycles. The van der Waals surface area contributed by atoms with E-state index in [2.05, 4.69) is 41.5 Å². The second-order valence-electron chi connectivity index (χ2n) is 13.8. The van der Waals surface area contributed by atoms with Crippen LogP contribution in [0.25, 0.3) is 0 Å². The van der Waals surface area contributed by atoms with Gasteiger partial charge in [-0.1, -0.05) is 67.2 Å². The van der Waals surface area contributed by atoms with Gasteiger partial charge in [0.15, 0.2) is 0 Å². The summed E-state index contributed by atoms with van der Waals surface area (Å²) < 4.78 is 6.33. The standard InChI is InChI=1S/C31H56O/c1-7-8-20-32-25-16-18-30(5)24(21-25)12-13-26-28-15-14-27(23(4)11-9-10-22(2)3)31(28,6)19-17-29(26)30/h22-29H,7-21H2,1-6H3/t23-,24?,25+,26+,27-,28+,29+,30+,31-/m1/s1. The van der Waals surface area contributed by atoms with Crippen molar-refractivity contribution in [1.82, 2.24) is 0 Å². The minimum Gasteiger partial charge on any atom is -0.378 e. The first-order valence-corrected chi connectivity index (χ1v) is 14.9. The van der Waals surface area contributed by atoms with Crippen LogP contribution in [-0.2, 0) is 4.74 Å². The lowest BCUT2D eigenvalue weighted by molar-refractivity contribution is -0.136. The SMILES string of the molecule is CCCCO[C@H]1CC[C@@]2(C)C(CC[C@H]3[C@@H]4CC[C@H]([C@H](C)CCCC(C)C)[C@@]4(C)CC[C@@H]32)C1. The molecule has 0 spiro atoms. The van der Waals surface area contributed by atoms with Crippen molar-refractivity contribution in [3.63, 3.8) is 0 Å². The second kappa shape index (κ2) is 10.3. The minimum absolute atomic E-state index is 0.563. The van der Waals surface area contributed by atoms with Crippen LogP contribution >= 0.6 is 0 Å². The molecule has 0 aliphatic heterocycles. The van der Waals surface area contributed by atoms with Crippen molar-refractivity contribution in [3.8, 4) is 0 Å². The highest BCUT2D eigenvalue weighted by molar-refractivity contribution is 5.09. The molecule has 0 saturated heterocycles. The van der Waals surface area contributed by atoms with E-state index in [1.165, 1.54) is 83.5 Å². The molecule has 0 radical (unpaired) electrons. The van der Waals surface area contributed by atoms with Gasteiger partial charge < -0.3 is 4.74 Å². The summed E-state index contributed by atoms with van der Waals surface area (Å²) in [6.45, 7) is 16.1. The number of ether oxygens (including phenoxy) is 1. The van der Waals surface area contributed by atoms with E-state index in [-0.39, 0.29) is 0 Å². The third-order valence-corrected chi connectivity index (χ3v) is 11.7. The zero-order valence-electron chi connectivity index (χ0n) is 22.6. The fourth-order valence-corrected chi connectivity index (χ4v) is 9.79. The molecule has 4 aliphatic carbocycles. The minimum atomic E-state index is 0.563. The first-order valence-electron chi connectivity index (χ1n) is 14.9. The molecule has 4 rings (SSSR count). The van der Waals surface area contributed by atoms with Crippen molar-refractivity contribution in [3.05, 3.63) is 0 Å². The van der Waals surface area contributed by atoms with Crippen LogP contribution in [-0.4, -0.2) is 12.7 Å². The average Bonchev–Trinajstić information content (AvgIpc) is 3.11. The lowest BCUT2D eigenvalue weighted by Crippen LogP contribution is -2.54. The number of fused-ring (bicyclic) bond motifs is 5. The van der Waals surface area contributed by atoms with E-state index in [4.69, 9.17) is 4.74 Å². The van der Waals surface area contributed by atoms with Gasteiger partial charge in [-0.05, 0) is 116 Å². The van der Waals surface area contributed by atoms with Gasteiger partial charge in [0.1, 0.15) is 0 Å². The highest BCUT2D eigenvalue weighted by atomic mass is 16.5. The van der Waals surface area contributed by atoms with Crippen LogP contribution in [0.1, 0.15) is 131 Å². The average molecular weight is 445 g/mol. The summed E-state index contributed by atoms with van der Waals surface area (Å²) in [6.07, 6.45) is 20.7. The highest BCUT2D eigenvalue weighted by Gasteiger charge is 2.60. The van der Waals surface area contributed by atoms with Gasteiger partial charge in [0.2, 0.25) is 0 Å². The van der Waals surface area contributed by atoms with Gasteiger partial charge in [0.05, 0.1) is 6.10 Å². The summed E-state index contributed by atoms with van der Waals surface area (Å²) in [6, 6.07) is 0. The fraction of sp³-hybridized carbons (Fsp3) is 1.00. The first kappa shape index (κ1) is 25.1. The third kappa shape index (κ3) is 4.72. The molecular formula is C31H56O. The molecule has 0 bridgehead atoms. The number of hydrogen-bond acceptors (Lipinski definition) is 1. The molecule has 0 amide bonds. The molecule has 1 unspecified atom stereocenters.